The van der Waals surface area contributed by atoms with E-state index in [0.717, 1.165) is 32.1 Å². The number of aliphatic carboxylic acids is 1. The molecule has 0 aromatic carbocycles. The Morgan fingerprint density at radius 3 is 2.71 bits per heavy atom. The van der Waals surface area contributed by atoms with Crippen molar-refractivity contribution in [3.8, 4) is 0 Å². The summed E-state index contributed by atoms with van der Waals surface area (Å²) >= 11 is 0. The smallest absolute Gasteiger partial charge is 0.303 e. The largest absolute Gasteiger partial charge is 0.481 e. The van der Waals surface area contributed by atoms with Crippen LogP contribution in [0, 0.1) is 40.4 Å². The third-order valence-electron chi connectivity index (χ3n) is 9.24. The molecule has 4 heteroatoms. The third-order valence-corrected chi connectivity index (χ3v) is 9.24. The Labute approximate surface area is 168 Å². The number of allylic oxidation sites excluding steroid dienone is 4. The molecule has 154 valence electrons. The normalized spacial score (nSPS) is 45.6. The summed E-state index contributed by atoms with van der Waals surface area (Å²) in [6.45, 7) is 6.72. The van der Waals surface area contributed by atoms with Gasteiger partial charge in [0, 0.05) is 11.8 Å². The van der Waals surface area contributed by atoms with Crippen LogP contribution in [0.15, 0.2) is 23.8 Å². The first kappa shape index (κ1) is 19.9. The summed E-state index contributed by atoms with van der Waals surface area (Å²) in [5.74, 6) is 1.53. The molecule has 0 aromatic rings. The van der Waals surface area contributed by atoms with Gasteiger partial charge in [-0.15, -0.1) is 0 Å². The van der Waals surface area contributed by atoms with Gasteiger partial charge >= 0.3 is 5.97 Å². The second kappa shape index (κ2) is 6.83. The van der Waals surface area contributed by atoms with Gasteiger partial charge in [0.1, 0.15) is 0 Å². The fourth-order valence-electron chi connectivity index (χ4n) is 7.68. The molecule has 0 saturated heterocycles. The number of ketones is 1. The van der Waals surface area contributed by atoms with Crippen LogP contribution < -0.4 is 0 Å². The average molecular weight is 387 g/mol. The van der Waals surface area contributed by atoms with E-state index >= 15 is 0 Å². The van der Waals surface area contributed by atoms with Crippen molar-refractivity contribution in [3.05, 3.63) is 23.8 Å². The van der Waals surface area contributed by atoms with E-state index in [9.17, 15) is 14.7 Å². The molecule has 4 nitrogen and oxygen atoms in total. The summed E-state index contributed by atoms with van der Waals surface area (Å²) in [5, 5.41) is 20.5. The van der Waals surface area contributed by atoms with Crippen LogP contribution in [-0.2, 0) is 9.59 Å². The van der Waals surface area contributed by atoms with Crippen LogP contribution in [0.5, 0.6) is 0 Å². The minimum atomic E-state index is -0.728. The predicted molar refractivity (Wildman–Crippen MR) is 108 cm³/mol. The highest BCUT2D eigenvalue weighted by Crippen LogP contribution is 2.67. The van der Waals surface area contributed by atoms with Gasteiger partial charge in [0.2, 0.25) is 0 Å². The predicted octanol–water partition coefficient (Wildman–Crippen LogP) is 4.38. The number of carboxylic acids is 1. The quantitative estimate of drug-likeness (QED) is 0.752. The SMILES string of the molecule is C[C@H](CCC(=O)O)[C@H]1CC[C@H]2[C@@H]3CCC4=CC(=O)C=C[C@]4(C)[C@H]3C[C@H](O)[C@]12C. The van der Waals surface area contributed by atoms with E-state index in [-0.39, 0.29) is 29.1 Å². The Morgan fingerprint density at radius 2 is 2.00 bits per heavy atom. The number of fused-ring (bicyclic) bond motifs is 5. The van der Waals surface area contributed by atoms with E-state index in [1.807, 2.05) is 6.08 Å². The van der Waals surface area contributed by atoms with Gasteiger partial charge in [0.25, 0.3) is 0 Å². The molecule has 8 atom stereocenters. The van der Waals surface area contributed by atoms with Crippen LogP contribution in [0.25, 0.3) is 0 Å². The van der Waals surface area contributed by atoms with Crippen molar-refractivity contribution in [2.75, 3.05) is 0 Å². The van der Waals surface area contributed by atoms with E-state index in [1.54, 1.807) is 6.08 Å². The molecular formula is C24H34O4. The zero-order chi connectivity index (χ0) is 20.3. The Balaban J connectivity index is 1.61. The van der Waals surface area contributed by atoms with Crippen LogP contribution in [0.1, 0.15) is 65.7 Å². The Hall–Kier alpha value is -1.42. The highest BCUT2D eigenvalue weighted by molar-refractivity contribution is 6.01. The standard InChI is InChI=1S/C24H34O4/c1-14(4-9-22(27)28)18-7-8-19-17-6-5-15-12-16(25)10-11-23(15,2)20(17)13-21(26)24(18,19)3/h10-12,14,17-21,26H,4-9,13H2,1-3H3,(H,27,28)/t14-,17+,18-,19+,20+,21+,23+,24-/m1/s1. The van der Waals surface area contributed by atoms with Gasteiger partial charge in [-0.3, -0.25) is 9.59 Å². The highest BCUT2D eigenvalue weighted by atomic mass is 16.4. The summed E-state index contributed by atoms with van der Waals surface area (Å²) < 4.78 is 0. The number of hydrogen-bond acceptors (Lipinski definition) is 3. The molecule has 0 amide bonds. The molecular weight excluding hydrogens is 352 g/mol. The van der Waals surface area contributed by atoms with Crippen molar-refractivity contribution in [3.63, 3.8) is 0 Å². The summed E-state index contributed by atoms with van der Waals surface area (Å²) in [7, 11) is 0. The molecule has 4 aliphatic rings. The van der Waals surface area contributed by atoms with Crippen LogP contribution in [0.4, 0.5) is 0 Å². The lowest BCUT2D eigenvalue weighted by Gasteiger charge is -2.59. The second-order valence-electron chi connectivity index (χ2n) is 10.3. The lowest BCUT2D eigenvalue weighted by atomic mass is 9.46. The van der Waals surface area contributed by atoms with Crippen LogP contribution in [-0.4, -0.2) is 28.1 Å². The summed E-state index contributed by atoms with van der Waals surface area (Å²) in [4.78, 5) is 22.9. The van der Waals surface area contributed by atoms with Gasteiger partial charge in [-0.05, 0) is 85.7 Å². The molecule has 4 aliphatic carbocycles. The molecule has 3 saturated carbocycles. The van der Waals surface area contributed by atoms with E-state index in [2.05, 4.69) is 26.8 Å². The first-order chi connectivity index (χ1) is 13.2. The topological polar surface area (TPSA) is 74.6 Å². The van der Waals surface area contributed by atoms with Crippen molar-refractivity contribution in [2.24, 2.45) is 40.4 Å². The molecule has 0 aliphatic heterocycles. The summed E-state index contributed by atoms with van der Waals surface area (Å²) in [5.41, 5.74) is 1.03. The number of rotatable bonds is 4. The van der Waals surface area contributed by atoms with Gasteiger partial charge in [-0.2, -0.15) is 0 Å². The monoisotopic (exact) mass is 386 g/mol. The molecule has 0 aromatic heterocycles. The Morgan fingerprint density at radius 1 is 1.25 bits per heavy atom. The highest BCUT2D eigenvalue weighted by Gasteiger charge is 2.62. The van der Waals surface area contributed by atoms with Gasteiger partial charge in [0.15, 0.2) is 5.78 Å². The maximum absolute atomic E-state index is 11.9. The van der Waals surface area contributed by atoms with E-state index < -0.39 is 5.97 Å². The van der Waals surface area contributed by atoms with Crippen molar-refractivity contribution < 1.29 is 19.8 Å². The van der Waals surface area contributed by atoms with Crippen LogP contribution in [0.3, 0.4) is 0 Å². The number of carbonyl (C=O) groups excluding carboxylic acids is 1. The maximum atomic E-state index is 11.9. The molecule has 28 heavy (non-hydrogen) atoms. The molecule has 0 radical (unpaired) electrons. The summed E-state index contributed by atoms with van der Waals surface area (Å²) in [6.07, 6.45) is 11.3. The summed E-state index contributed by atoms with van der Waals surface area (Å²) in [6, 6.07) is 0. The fraction of sp³-hybridized carbons (Fsp3) is 0.750. The Kier molecular flexibility index (Phi) is 4.85. The average Bonchev–Trinajstić information content (AvgIpc) is 3.00. The van der Waals surface area contributed by atoms with Gasteiger partial charge in [0.05, 0.1) is 6.10 Å². The minimum Gasteiger partial charge on any atom is -0.481 e. The number of aliphatic hydroxyl groups excluding tert-OH is 1. The van der Waals surface area contributed by atoms with E-state index in [1.165, 1.54) is 5.57 Å². The molecule has 0 bridgehead atoms. The fourth-order valence-corrected chi connectivity index (χ4v) is 7.68. The lowest BCUT2D eigenvalue weighted by molar-refractivity contribution is -0.139. The minimum absolute atomic E-state index is 0.0975. The molecule has 0 heterocycles. The number of aliphatic hydroxyl groups is 1. The van der Waals surface area contributed by atoms with E-state index in [4.69, 9.17) is 5.11 Å². The van der Waals surface area contributed by atoms with Crippen molar-refractivity contribution in [1.82, 2.24) is 0 Å². The van der Waals surface area contributed by atoms with E-state index in [0.29, 0.717) is 36.0 Å². The first-order valence-corrected chi connectivity index (χ1v) is 11.0. The third kappa shape index (κ3) is 2.82. The molecule has 2 N–H and O–H groups in total. The maximum Gasteiger partial charge on any atom is 0.303 e. The van der Waals surface area contributed by atoms with Crippen molar-refractivity contribution >= 4 is 11.8 Å². The first-order valence-electron chi connectivity index (χ1n) is 11.0. The molecule has 3 fully saturated rings. The zero-order valence-corrected chi connectivity index (χ0v) is 17.4. The van der Waals surface area contributed by atoms with Crippen LogP contribution >= 0.6 is 0 Å². The van der Waals surface area contributed by atoms with Gasteiger partial charge in [-0.1, -0.05) is 32.4 Å². The lowest BCUT2D eigenvalue weighted by Crippen LogP contribution is -2.56. The molecule has 0 spiro atoms. The molecule has 4 rings (SSSR count). The zero-order valence-electron chi connectivity index (χ0n) is 17.4. The van der Waals surface area contributed by atoms with Crippen molar-refractivity contribution in [2.45, 2.75) is 71.8 Å². The van der Waals surface area contributed by atoms with Crippen LogP contribution in [0.2, 0.25) is 0 Å². The second-order valence-corrected chi connectivity index (χ2v) is 10.3. The molecule has 0 unspecified atom stereocenters. The van der Waals surface area contributed by atoms with Gasteiger partial charge < -0.3 is 10.2 Å². The number of hydrogen-bond donors (Lipinski definition) is 2. The number of carboxylic acid groups (broad SMARTS) is 1. The van der Waals surface area contributed by atoms with Gasteiger partial charge in [-0.25, -0.2) is 0 Å². The van der Waals surface area contributed by atoms with Crippen molar-refractivity contribution in [1.29, 1.82) is 0 Å². The Bertz CT molecular complexity index is 737. The number of carbonyl (C=O) groups is 2.